The van der Waals surface area contributed by atoms with Gasteiger partial charge in [-0.3, -0.25) is 5.10 Å². The molecule has 1 aromatic heterocycles. The smallest absolute Gasteiger partial charge is 0.155 e. The second-order valence-electron chi connectivity index (χ2n) is 4.66. The van der Waals surface area contributed by atoms with Crippen molar-refractivity contribution in [3.63, 3.8) is 0 Å². The number of nitrogens with one attached hydrogen (secondary N) is 2. The van der Waals surface area contributed by atoms with E-state index in [9.17, 15) is 8.78 Å². The van der Waals surface area contributed by atoms with Crippen molar-refractivity contribution in [1.29, 1.82) is 0 Å². The number of aromatic nitrogens is 2. The number of aromatic amines is 1. The molecule has 0 bridgehead atoms. The molecule has 5 heteroatoms. The lowest BCUT2D eigenvalue weighted by atomic mass is 10.0. The van der Waals surface area contributed by atoms with E-state index in [0.717, 1.165) is 28.4 Å². The number of hydrogen-bond acceptors (Lipinski definition) is 2. The molecule has 0 spiro atoms. The summed E-state index contributed by atoms with van der Waals surface area (Å²) < 4.78 is 26.4. The summed E-state index contributed by atoms with van der Waals surface area (Å²) >= 11 is 0. The third kappa shape index (κ3) is 2.34. The van der Waals surface area contributed by atoms with Crippen molar-refractivity contribution in [2.75, 3.05) is 12.4 Å². The van der Waals surface area contributed by atoms with E-state index in [1.165, 1.54) is 12.1 Å². The van der Waals surface area contributed by atoms with Crippen LogP contribution in [0, 0.1) is 11.6 Å². The Kier molecular flexibility index (Phi) is 3.10. The van der Waals surface area contributed by atoms with Crippen LogP contribution in [0.4, 0.5) is 14.6 Å². The van der Waals surface area contributed by atoms with Crippen molar-refractivity contribution in [2.45, 2.75) is 6.42 Å². The molecule has 0 fully saturated rings. The molecule has 3 aromatic rings. The molecule has 2 N–H and O–H groups in total. The third-order valence-corrected chi connectivity index (χ3v) is 3.19. The zero-order valence-corrected chi connectivity index (χ0v) is 10.9. The Balaban J connectivity index is 1.97. The van der Waals surface area contributed by atoms with Gasteiger partial charge in [-0.15, -0.1) is 0 Å². The van der Waals surface area contributed by atoms with Crippen molar-refractivity contribution in [3.8, 4) is 0 Å². The molecule has 0 radical (unpaired) electrons. The Labute approximate surface area is 114 Å². The van der Waals surface area contributed by atoms with Gasteiger partial charge >= 0.3 is 0 Å². The number of H-pyrrole nitrogens is 1. The SMILES string of the molecule is CNc1n[nH]c2ccc(Cc3cc(F)cc(F)c3)cc12. The zero-order chi connectivity index (χ0) is 14.1. The first kappa shape index (κ1) is 12.6. The molecule has 0 unspecified atom stereocenters. The number of benzene rings is 2. The fourth-order valence-electron chi connectivity index (χ4n) is 2.31. The summed E-state index contributed by atoms with van der Waals surface area (Å²) in [6.07, 6.45) is 0.471. The number of hydrogen-bond donors (Lipinski definition) is 2. The minimum atomic E-state index is -0.555. The maximum absolute atomic E-state index is 13.2. The molecule has 102 valence electrons. The summed E-state index contributed by atoms with van der Waals surface area (Å²) in [5, 5.41) is 11.0. The number of nitrogens with zero attached hydrogens (tertiary/aromatic N) is 1. The van der Waals surface area contributed by atoms with Crippen molar-refractivity contribution < 1.29 is 8.78 Å². The molecule has 0 aliphatic heterocycles. The topological polar surface area (TPSA) is 40.7 Å². The van der Waals surface area contributed by atoms with Crippen LogP contribution in [0.3, 0.4) is 0 Å². The van der Waals surface area contributed by atoms with Crippen molar-refractivity contribution in [2.24, 2.45) is 0 Å². The standard InChI is InChI=1S/C15H13F2N3/c1-18-15-13-7-9(2-3-14(13)19-20-15)4-10-5-11(16)8-12(17)6-10/h2-3,5-8H,4H2,1H3,(H2,18,19,20). The van der Waals surface area contributed by atoms with Crippen LogP contribution in [0.5, 0.6) is 0 Å². The van der Waals surface area contributed by atoms with Gasteiger partial charge in [0, 0.05) is 18.5 Å². The van der Waals surface area contributed by atoms with Gasteiger partial charge in [-0.2, -0.15) is 5.10 Å². The highest BCUT2D eigenvalue weighted by atomic mass is 19.1. The number of rotatable bonds is 3. The lowest BCUT2D eigenvalue weighted by Crippen LogP contribution is -1.92. The molecule has 1 heterocycles. The summed E-state index contributed by atoms with van der Waals surface area (Å²) in [7, 11) is 1.80. The molecule has 0 saturated heterocycles. The second kappa shape index (κ2) is 4.92. The predicted octanol–water partition coefficient (Wildman–Crippen LogP) is 3.47. The monoisotopic (exact) mass is 273 g/mol. The molecule has 20 heavy (non-hydrogen) atoms. The van der Waals surface area contributed by atoms with E-state index in [1.807, 2.05) is 18.2 Å². The first-order valence-electron chi connectivity index (χ1n) is 6.25. The molecule has 2 aromatic carbocycles. The predicted molar refractivity (Wildman–Crippen MR) is 74.8 cm³/mol. The van der Waals surface area contributed by atoms with E-state index in [1.54, 1.807) is 7.05 Å². The van der Waals surface area contributed by atoms with Gasteiger partial charge in [-0.1, -0.05) is 6.07 Å². The molecule has 0 amide bonds. The summed E-state index contributed by atoms with van der Waals surface area (Å²) in [4.78, 5) is 0. The Morgan fingerprint density at radius 2 is 1.80 bits per heavy atom. The zero-order valence-electron chi connectivity index (χ0n) is 10.9. The van der Waals surface area contributed by atoms with Gasteiger partial charge in [-0.25, -0.2) is 8.78 Å². The summed E-state index contributed by atoms with van der Waals surface area (Å²) in [6, 6.07) is 9.37. The lowest BCUT2D eigenvalue weighted by Gasteiger charge is -2.04. The largest absolute Gasteiger partial charge is 0.371 e. The molecule has 3 nitrogen and oxygen atoms in total. The molecular formula is C15H13F2N3. The van der Waals surface area contributed by atoms with Crippen LogP contribution < -0.4 is 5.32 Å². The first-order chi connectivity index (χ1) is 9.65. The van der Waals surface area contributed by atoms with Gasteiger partial charge in [0.2, 0.25) is 0 Å². The third-order valence-electron chi connectivity index (χ3n) is 3.19. The minimum absolute atomic E-state index is 0.471. The van der Waals surface area contributed by atoms with Crippen LogP contribution in [0.25, 0.3) is 10.9 Å². The van der Waals surface area contributed by atoms with Gasteiger partial charge in [0.25, 0.3) is 0 Å². The van der Waals surface area contributed by atoms with Crippen LogP contribution in [-0.2, 0) is 6.42 Å². The number of fused-ring (bicyclic) bond motifs is 1. The van der Waals surface area contributed by atoms with Crippen LogP contribution in [0.2, 0.25) is 0 Å². The van der Waals surface area contributed by atoms with Gasteiger partial charge in [0.15, 0.2) is 5.82 Å². The quantitative estimate of drug-likeness (QED) is 0.767. The lowest BCUT2D eigenvalue weighted by molar-refractivity contribution is 0.580. The Morgan fingerprint density at radius 3 is 2.50 bits per heavy atom. The van der Waals surface area contributed by atoms with E-state index in [2.05, 4.69) is 15.5 Å². The van der Waals surface area contributed by atoms with Crippen LogP contribution in [0.1, 0.15) is 11.1 Å². The second-order valence-corrected chi connectivity index (χ2v) is 4.66. The van der Waals surface area contributed by atoms with Crippen LogP contribution in [0.15, 0.2) is 36.4 Å². The fourth-order valence-corrected chi connectivity index (χ4v) is 2.31. The number of anilines is 1. The highest BCUT2D eigenvalue weighted by molar-refractivity contribution is 5.90. The van der Waals surface area contributed by atoms with Gasteiger partial charge < -0.3 is 5.32 Å². The van der Waals surface area contributed by atoms with E-state index in [-0.39, 0.29) is 0 Å². The molecular weight excluding hydrogens is 260 g/mol. The average molecular weight is 273 g/mol. The minimum Gasteiger partial charge on any atom is -0.371 e. The highest BCUT2D eigenvalue weighted by Crippen LogP contribution is 2.23. The summed E-state index contributed by atoms with van der Waals surface area (Å²) in [5.74, 6) is -0.354. The van der Waals surface area contributed by atoms with Gasteiger partial charge in [0.05, 0.1) is 5.52 Å². The van der Waals surface area contributed by atoms with Crippen LogP contribution >= 0.6 is 0 Å². The summed E-state index contributed by atoms with van der Waals surface area (Å²) in [5.41, 5.74) is 2.50. The Hall–Kier alpha value is -2.43. The van der Waals surface area contributed by atoms with Crippen LogP contribution in [-0.4, -0.2) is 17.2 Å². The van der Waals surface area contributed by atoms with Crippen molar-refractivity contribution in [3.05, 3.63) is 59.2 Å². The highest BCUT2D eigenvalue weighted by Gasteiger charge is 2.06. The Bertz CT molecular complexity index is 745. The van der Waals surface area contributed by atoms with E-state index in [4.69, 9.17) is 0 Å². The van der Waals surface area contributed by atoms with Gasteiger partial charge in [0.1, 0.15) is 11.6 Å². The van der Waals surface area contributed by atoms with E-state index < -0.39 is 11.6 Å². The van der Waals surface area contributed by atoms with E-state index in [0.29, 0.717) is 12.0 Å². The van der Waals surface area contributed by atoms with E-state index >= 15 is 0 Å². The average Bonchev–Trinajstić information content (AvgIpc) is 2.79. The maximum atomic E-state index is 13.2. The fraction of sp³-hybridized carbons (Fsp3) is 0.133. The van der Waals surface area contributed by atoms with Crippen molar-refractivity contribution >= 4 is 16.7 Å². The first-order valence-corrected chi connectivity index (χ1v) is 6.25. The maximum Gasteiger partial charge on any atom is 0.155 e. The van der Waals surface area contributed by atoms with Crippen molar-refractivity contribution in [1.82, 2.24) is 10.2 Å². The normalized spacial score (nSPS) is 10.9. The molecule has 0 aliphatic rings. The molecule has 0 atom stereocenters. The number of halogens is 2. The Morgan fingerprint density at radius 1 is 1.05 bits per heavy atom. The molecule has 0 aliphatic carbocycles. The molecule has 3 rings (SSSR count). The van der Waals surface area contributed by atoms with Gasteiger partial charge in [-0.05, 0) is 41.8 Å². The molecule has 0 saturated carbocycles. The summed E-state index contributed by atoms with van der Waals surface area (Å²) in [6.45, 7) is 0.